The van der Waals surface area contributed by atoms with Crippen molar-refractivity contribution < 1.29 is 87.9 Å². The van der Waals surface area contributed by atoms with Crippen LogP contribution < -0.4 is 59.3 Å². The second-order valence-electron chi connectivity index (χ2n) is 20.3. The van der Waals surface area contributed by atoms with Crippen LogP contribution in [0.1, 0.15) is 114 Å². The number of nitrogens with two attached hydrogens (primary N) is 2. The molecule has 0 aliphatic carbocycles. The molecule has 0 aromatic rings. The van der Waals surface area contributed by atoms with Gasteiger partial charge in [-0.05, 0) is 56.3 Å². The maximum Gasteiger partial charge on any atom is 0.326 e. The molecule has 30 heteroatoms. The minimum absolute atomic E-state index is 0.0276. The molecule has 0 unspecified atom stereocenters. The van der Waals surface area contributed by atoms with Crippen molar-refractivity contribution in [3.63, 3.8) is 0 Å². The highest BCUT2D eigenvalue weighted by Gasteiger charge is 2.42. The van der Waals surface area contributed by atoms with Crippen LogP contribution in [0.2, 0.25) is 0 Å². The number of nitrogens with one attached hydrogen (secondary N) is 9. The Morgan fingerprint density at radius 2 is 1.03 bits per heavy atom. The highest BCUT2D eigenvalue weighted by atomic mass is 16.4. The molecule has 0 aromatic carbocycles. The van der Waals surface area contributed by atoms with Gasteiger partial charge in [-0.2, -0.15) is 0 Å². The first kappa shape index (κ1) is 70.0. The monoisotopic (exact) mass is 1130 g/mol. The van der Waals surface area contributed by atoms with Crippen LogP contribution in [0.25, 0.3) is 0 Å². The summed E-state index contributed by atoms with van der Waals surface area (Å²) < 4.78 is 0. The molecule has 1 aliphatic rings. The van der Waals surface area contributed by atoms with E-state index in [1.165, 1.54) is 6.92 Å². The van der Waals surface area contributed by atoms with E-state index in [1.807, 2.05) is 0 Å². The summed E-state index contributed by atoms with van der Waals surface area (Å²) in [4.78, 5) is 171. The largest absolute Gasteiger partial charge is 0.481 e. The molecule has 0 aromatic heterocycles. The molecule has 0 radical (unpaired) electrons. The number of hydrogen-bond donors (Lipinski definition) is 16. The standard InChI is InChI=1S/C49H84N12O18/c1-10-24(7)37(58-41(70)28(15-17-34(67)68)53-33(66)19-52-40(69)27(14-16-32(50)65)54-42(71)29(20-62)56-45(74)35(51)22(3)4)46(75)60-39(26(9)64)47(76)57-36(23(5)6)48(77)61-18-12-13-31(61)44(73)55-30(21-63)43(72)59-38(49(78)79)25(8)11-2/h22-31,35-39,62-64H,10-21,51H2,1-9H3,(H2,50,65)(H,52,69)(H,53,66)(H,54,71)(H,55,73)(H,56,74)(H,57,76)(H,58,70)(H,59,72)(H,60,75)(H,67,68)(H,78,79)/t24-,25-,26+,27-,28-,29-,30-,31-,35-,36-,37-,38-,39-/m0/s1. The normalized spacial score (nSPS) is 17.8. The highest BCUT2D eigenvalue weighted by Crippen LogP contribution is 2.21. The van der Waals surface area contributed by atoms with Gasteiger partial charge in [-0.25, -0.2) is 4.79 Å². The van der Waals surface area contributed by atoms with Gasteiger partial charge in [0.2, 0.25) is 65.0 Å². The number of nitrogens with zero attached hydrogens (tertiary/aromatic N) is 1. The van der Waals surface area contributed by atoms with Gasteiger partial charge < -0.3 is 89.8 Å². The summed E-state index contributed by atoms with van der Waals surface area (Å²) in [6.45, 7) is 11.4. The van der Waals surface area contributed by atoms with Crippen LogP contribution in [0.4, 0.5) is 0 Å². The van der Waals surface area contributed by atoms with Gasteiger partial charge in [0, 0.05) is 19.4 Å². The lowest BCUT2D eigenvalue weighted by Gasteiger charge is -2.33. The third-order valence-corrected chi connectivity index (χ3v) is 13.4. The van der Waals surface area contributed by atoms with Gasteiger partial charge in [0.25, 0.3) is 0 Å². The lowest BCUT2D eigenvalue weighted by Crippen LogP contribution is -2.63. The van der Waals surface area contributed by atoms with Gasteiger partial charge in [0.05, 0.1) is 31.9 Å². The van der Waals surface area contributed by atoms with E-state index in [4.69, 9.17) is 11.5 Å². The van der Waals surface area contributed by atoms with Crippen molar-refractivity contribution in [2.75, 3.05) is 26.3 Å². The molecule has 1 rings (SSSR count). The molecule has 0 saturated carbocycles. The number of carboxylic acids is 2. The average molecular weight is 1130 g/mol. The van der Waals surface area contributed by atoms with Crippen LogP contribution in [0, 0.1) is 23.7 Å². The first-order valence-corrected chi connectivity index (χ1v) is 26.3. The number of aliphatic carboxylic acids is 2. The minimum atomic E-state index is -1.78. The molecule has 1 aliphatic heterocycles. The fraction of sp³-hybridized carbons (Fsp3) is 0.735. The third-order valence-electron chi connectivity index (χ3n) is 13.4. The highest BCUT2D eigenvalue weighted by molar-refractivity contribution is 5.99. The Labute approximate surface area is 458 Å². The summed E-state index contributed by atoms with van der Waals surface area (Å²) in [5, 5.41) is 70.8. The van der Waals surface area contributed by atoms with Gasteiger partial charge in [-0.1, -0.05) is 68.2 Å². The van der Waals surface area contributed by atoms with E-state index >= 15 is 0 Å². The van der Waals surface area contributed by atoms with E-state index in [0.29, 0.717) is 12.8 Å². The summed E-state index contributed by atoms with van der Waals surface area (Å²) >= 11 is 0. The smallest absolute Gasteiger partial charge is 0.326 e. The van der Waals surface area contributed by atoms with Gasteiger partial charge in [-0.3, -0.25) is 57.5 Å². The number of amides is 11. The molecular weight excluding hydrogens is 1040 g/mol. The molecule has 13 atom stereocenters. The van der Waals surface area contributed by atoms with Crippen molar-refractivity contribution in [3.8, 4) is 0 Å². The van der Waals surface area contributed by atoms with E-state index in [2.05, 4.69) is 47.9 Å². The molecule has 11 amide bonds. The van der Waals surface area contributed by atoms with Crippen molar-refractivity contribution in [2.45, 2.75) is 180 Å². The van der Waals surface area contributed by atoms with E-state index in [9.17, 15) is 87.9 Å². The zero-order chi connectivity index (χ0) is 60.6. The Bertz CT molecular complexity index is 2160. The lowest BCUT2D eigenvalue weighted by molar-refractivity contribution is -0.145. The predicted octanol–water partition coefficient (Wildman–Crippen LogP) is -5.72. The minimum Gasteiger partial charge on any atom is -0.481 e. The molecule has 0 spiro atoms. The molecule has 1 heterocycles. The Morgan fingerprint density at radius 3 is 1.53 bits per heavy atom. The summed E-state index contributed by atoms with van der Waals surface area (Å²) in [6, 6.07) is -14.6. The summed E-state index contributed by atoms with van der Waals surface area (Å²) in [6.07, 6.45) is -2.69. The van der Waals surface area contributed by atoms with Gasteiger partial charge >= 0.3 is 11.9 Å². The van der Waals surface area contributed by atoms with Gasteiger partial charge in [0.15, 0.2) is 0 Å². The van der Waals surface area contributed by atoms with E-state index in [0.717, 1.165) is 11.8 Å². The number of likely N-dealkylation sites (tertiary alicyclic amines) is 1. The fourth-order valence-electron chi connectivity index (χ4n) is 7.91. The zero-order valence-electron chi connectivity index (χ0n) is 46.3. The zero-order valence-corrected chi connectivity index (χ0v) is 46.3. The molecule has 30 nitrogen and oxygen atoms in total. The van der Waals surface area contributed by atoms with Crippen LogP contribution in [0.5, 0.6) is 0 Å². The van der Waals surface area contributed by atoms with E-state index in [1.54, 1.807) is 48.5 Å². The summed E-state index contributed by atoms with van der Waals surface area (Å²) in [5.74, 6) is -15.5. The maximum atomic E-state index is 14.1. The maximum absolute atomic E-state index is 14.1. The van der Waals surface area contributed by atoms with E-state index < -0.39 is 207 Å². The molecule has 448 valence electrons. The van der Waals surface area contributed by atoms with Crippen molar-refractivity contribution in [2.24, 2.45) is 35.1 Å². The topological polar surface area (TPSA) is 487 Å². The quantitative estimate of drug-likeness (QED) is 0.0281. The van der Waals surface area contributed by atoms with Gasteiger partial charge in [-0.15, -0.1) is 0 Å². The average Bonchev–Trinajstić information content (AvgIpc) is 3.89. The molecular formula is C49H84N12O18. The predicted molar refractivity (Wildman–Crippen MR) is 279 cm³/mol. The van der Waals surface area contributed by atoms with Crippen LogP contribution in [0.15, 0.2) is 0 Å². The van der Waals surface area contributed by atoms with Crippen molar-refractivity contribution >= 4 is 76.9 Å². The SMILES string of the molecule is CC[C@H](C)[C@H](NC(=O)[C@H](CO)NC(=O)[C@@H]1CCCN1C(=O)[C@@H](NC(=O)[C@@H](NC(=O)[C@@H](NC(=O)[C@H](CCC(=O)O)NC(=O)CNC(=O)[C@H](CCC(N)=O)NC(=O)[C@H](CO)NC(=O)[C@@H](N)C(C)C)[C@@H](C)CC)[C@@H](C)O)C(C)C)C(=O)O. The second-order valence-corrected chi connectivity index (χ2v) is 20.3. The first-order chi connectivity index (χ1) is 36.9. The van der Waals surface area contributed by atoms with Crippen LogP contribution in [0.3, 0.4) is 0 Å². The molecule has 18 N–H and O–H groups in total. The number of carbonyl (C=O) groups excluding carboxylic acids is 11. The Morgan fingerprint density at radius 1 is 0.557 bits per heavy atom. The third kappa shape index (κ3) is 22.7. The number of aliphatic hydroxyl groups is 3. The van der Waals surface area contributed by atoms with Gasteiger partial charge in [0.1, 0.15) is 54.4 Å². The van der Waals surface area contributed by atoms with Crippen molar-refractivity contribution in [3.05, 3.63) is 0 Å². The van der Waals surface area contributed by atoms with Crippen molar-refractivity contribution in [1.29, 1.82) is 0 Å². The molecule has 0 bridgehead atoms. The lowest BCUT2D eigenvalue weighted by atomic mass is 9.96. The first-order valence-electron chi connectivity index (χ1n) is 26.3. The number of carbonyl (C=O) groups is 13. The number of primary amides is 1. The Kier molecular flexibility index (Phi) is 30.2. The second kappa shape index (κ2) is 34.1. The van der Waals surface area contributed by atoms with Crippen LogP contribution >= 0.6 is 0 Å². The van der Waals surface area contributed by atoms with E-state index in [-0.39, 0.29) is 25.3 Å². The van der Waals surface area contributed by atoms with Crippen LogP contribution in [-0.4, -0.2) is 200 Å². The number of aliphatic hydroxyl groups excluding tert-OH is 3. The number of hydrogen-bond acceptors (Lipinski definition) is 17. The molecule has 79 heavy (non-hydrogen) atoms. The summed E-state index contributed by atoms with van der Waals surface area (Å²) in [7, 11) is 0. The molecule has 1 saturated heterocycles. The Hall–Kier alpha value is -7.05. The van der Waals surface area contributed by atoms with Crippen LogP contribution in [-0.2, 0) is 62.3 Å². The van der Waals surface area contributed by atoms with Crippen molar-refractivity contribution in [1.82, 2.24) is 52.8 Å². The Balaban J connectivity index is 3.29. The fourth-order valence-corrected chi connectivity index (χ4v) is 7.91. The summed E-state index contributed by atoms with van der Waals surface area (Å²) in [5.41, 5.74) is 11.1. The molecule has 1 fully saturated rings. The number of carboxylic acid groups (broad SMARTS) is 2. The number of rotatable bonds is 35.